The molecule has 0 fully saturated rings. The van der Waals surface area contributed by atoms with Gasteiger partial charge in [-0.2, -0.15) is 0 Å². The van der Waals surface area contributed by atoms with Gasteiger partial charge in [0.05, 0.1) is 5.56 Å². The summed E-state index contributed by atoms with van der Waals surface area (Å²) < 4.78 is 6.79. The maximum absolute atomic E-state index is 5.87. The number of benzene rings is 2. The number of hydrogen-bond donors (Lipinski definition) is 1. The summed E-state index contributed by atoms with van der Waals surface area (Å²) in [6.45, 7) is 2.17. The van der Waals surface area contributed by atoms with E-state index >= 15 is 0 Å². The molecule has 0 spiro atoms. The number of thiocarbonyl (C=S) groups is 1. The van der Waals surface area contributed by atoms with E-state index in [-0.39, 0.29) is 0 Å². The molecular formula is C16H16BrNOS. The highest BCUT2D eigenvalue weighted by molar-refractivity contribution is 9.10. The molecule has 0 bridgehead atoms. The fourth-order valence-corrected chi connectivity index (χ4v) is 2.44. The first-order chi connectivity index (χ1) is 9.60. The van der Waals surface area contributed by atoms with E-state index in [1.807, 2.05) is 30.3 Å². The average Bonchev–Trinajstić information content (AvgIpc) is 2.43. The molecule has 0 unspecified atom stereocenters. The van der Waals surface area contributed by atoms with E-state index in [4.69, 9.17) is 22.7 Å². The van der Waals surface area contributed by atoms with E-state index in [9.17, 15) is 0 Å². The van der Waals surface area contributed by atoms with Crippen LogP contribution in [0.3, 0.4) is 0 Å². The van der Waals surface area contributed by atoms with Crippen LogP contribution in [0.15, 0.2) is 46.9 Å². The summed E-state index contributed by atoms with van der Waals surface area (Å²) in [6, 6.07) is 13.7. The molecule has 2 aromatic rings. The van der Waals surface area contributed by atoms with Crippen LogP contribution in [0.1, 0.15) is 24.5 Å². The van der Waals surface area contributed by atoms with Crippen LogP contribution in [-0.2, 0) is 6.42 Å². The summed E-state index contributed by atoms with van der Waals surface area (Å²) >= 11 is 8.46. The third-order valence-electron chi connectivity index (χ3n) is 2.90. The normalized spacial score (nSPS) is 10.3. The lowest BCUT2D eigenvalue weighted by molar-refractivity contribution is 0.481. The van der Waals surface area contributed by atoms with E-state index < -0.39 is 0 Å². The highest BCUT2D eigenvalue weighted by atomic mass is 79.9. The molecule has 0 aliphatic rings. The highest BCUT2D eigenvalue weighted by Gasteiger charge is 2.08. The maximum atomic E-state index is 5.87. The molecule has 0 amide bonds. The minimum atomic E-state index is 0.323. The zero-order valence-electron chi connectivity index (χ0n) is 11.2. The number of hydrogen-bond acceptors (Lipinski definition) is 2. The van der Waals surface area contributed by atoms with E-state index in [0.29, 0.717) is 10.7 Å². The Balaban J connectivity index is 2.23. The minimum Gasteiger partial charge on any atom is -0.457 e. The monoisotopic (exact) mass is 349 g/mol. The van der Waals surface area contributed by atoms with Crippen LogP contribution in [-0.4, -0.2) is 4.99 Å². The molecule has 2 N–H and O–H groups in total. The molecule has 0 aliphatic carbocycles. The lowest BCUT2D eigenvalue weighted by atomic mass is 10.1. The van der Waals surface area contributed by atoms with Crippen molar-refractivity contribution in [1.29, 1.82) is 0 Å². The molecule has 2 rings (SSSR count). The van der Waals surface area contributed by atoms with E-state index in [2.05, 4.69) is 35.0 Å². The molecule has 2 aromatic carbocycles. The Morgan fingerprint density at radius 1 is 1.20 bits per heavy atom. The Morgan fingerprint density at radius 3 is 2.50 bits per heavy atom. The van der Waals surface area contributed by atoms with Gasteiger partial charge in [-0.05, 0) is 42.3 Å². The Kier molecular flexibility index (Phi) is 5.15. The lowest BCUT2D eigenvalue weighted by Gasteiger charge is -2.11. The number of rotatable bonds is 5. The van der Waals surface area contributed by atoms with Crippen LogP contribution in [0, 0.1) is 0 Å². The van der Waals surface area contributed by atoms with Gasteiger partial charge in [-0.15, -0.1) is 0 Å². The SMILES string of the molecule is CCCc1ccc(Oc2ccc(Br)cc2C(N)=S)cc1. The second kappa shape index (κ2) is 6.86. The molecular weight excluding hydrogens is 334 g/mol. The van der Waals surface area contributed by atoms with E-state index in [1.54, 1.807) is 0 Å². The largest absolute Gasteiger partial charge is 0.457 e. The van der Waals surface area contributed by atoms with Gasteiger partial charge in [0.1, 0.15) is 16.5 Å². The number of halogens is 1. The zero-order chi connectivity index (χ0) is 14.5. The van der Waals surface area contributed by atoms with Gasteiger partial charge in [-0.25, -0.2) is 0 Å². The van der Waals surface area contributed by atoms with Crippen molar-refractivity contribution in [3.63, 3.8) is 0 Å². The molecule has 0 aromatic heterocycles. The zero-order valence-corrected chi connectivity index (χ0v) is 13.6. The fourth-order valence-electron chi connectivity index (χ4n) is 1.92. The molecule has 2 nitrogen and oxygen atoms in total. The summed E-state index contributed by atoms with van der Waals surface area (Å²) in [7, 11) is 0. The highest BCUT2D eigenvalue weighted by Crippen LogP contribution is 2.28. The van der Waals surface area contributed by atoms with Gasteiger partial charge in [0.25, 0.3) is 0 Å². The van der Waals surface area contributed by atoms with Crippen LogP contribution < -0.4 is 10.5 Å². The van der Waals surface area contributed by atoms with Crippen molar-refractivity contribution in [1.82, 2.24) is 0 Å². The number of ether oxygens (including phenoxy) is 1. The number of aryl methyl sites for hydroxylation is 1. The van der Waals surface area contributed by atoms with Crippen molar-refractivity contribution < 1.29 is 4.74 Å². The predicted molar refractivity (Wildman–Crippen MR) is 90.5 cm³/mol. The standard InChI is InChI=1S/C16H16BrNOS/c1-2-3-11-4-7-13(8-5-11)19-15-9-6-12(17)10-14(15)16(18)20/h4-10H,2-3H2,1H3,(H2,18,20). The van der Waals surface area contributed by atoms with Crippen molar-refractivity contribution in [2.24, 2.45) is 5.73 Å². The summed E-state index contributed by atoms with van der Waals surface area (Å²) in [5, 5.41) is 0. The van der Waals surface area contributed by atoms with Crippen molar-refractivity contribution in [3.05, 3.63) is 58.1 Å². The van der Waals surface area contributed by atoms with Gasteiger partial charge in [0.15, 0.2) is 0 Å². The fraction of sp³-hybridized carbons (Fsp3) is 0.188. The molecule has 0 saturated heterocycles. The third-order valence-corrected chi connectivity index (χ3v) is 3.61. The molecule has 0 saturated carbocycles. The summed E-state index contributed by atoms with van der Waals surface area (Å²) in [5.74, 6) is 1.45. The Labute approximate surface area is 133 Å². The third kappa shape index (κ3) is 3.81. The molecule has 0 aliphatic heterocycles. The van der Waals surface area contributed by atoms with Gasteiger partial charge in [-0.3, -0.25) is 0 Å². The van der Waals surface area contributed by atoms with E-state index in [1.165, 1.54) is 5.56 Å². The van der Waals surface area contributed by atoms with E-state index in [0.717, 1.165) is 28.6 Å². The Bertz CT molecular complexity index is 610. The summed E-state index contributed by atoms with van der Waals surface area (Å²) in [4.78, 5) is 0.323. The Morgan fingerprint density at radius 2 is 1.90 bits per heavy atom. The Hall–Kier alpha value is -1.39. The topological polar surface area (TPSA) is 35.2 Å². The second-order valence-corrected chi connectivity index (χ2v) is 5.86. The molecule has 0 radical (unpaired) electrons. The molecule has 0 atom stereocenters. The first-order valence-electron chi connectivity index (χ1n) is 6.46. The van der Waals surface area contributed by atoms with Gasteiger partial charge in [0, 0.05) is 4.47 Å². The first kappa shape index (κ1) is 15.0. The number of nitrogens with two attached hydrogens (primary N) is 1. The van der Waals surface area contributed by atoms with Crippen molar-refractivity contribution in [2.75, 3.05) is 0 Å². The van der Waals surface area contributed by atoms with Crippen LogP contribution in [0.4, 0.5) is 0 Å². The van der Waals surface area contributed by atoms with Crippen molar-refractivity contribution in [3.8, 4) is 11.5 Å². The van der Waals surface area contributed by atoms with Crippen LogP contribution in [0.5, 0.6) is 11.5 Å². The molecule has 0 heterocycles. The van der Waals surface area contributed by atoms with Crippen LogP contribution in [0.25, 0.3) is 0 Å². The van der Waals surface area contributed by atoms with Gasteiger partial charge in [0.2, 0.25) is 0 Å². The van der Waals surface area contributed by atoms with Crippen molar-refractivity contribution in [2.45, 2.75) is 19.8 Å². The summed E-state index contributed by atoms with van der Waals surface area (Å²) in [5.41, 5.74) is 7.77. The maximum Gasteiger partial charge on any atom is 0.137 e. The molecule has 104 valence electrons. The van der Waals surface area contributed by atoms with Crippen molar-refractivity contribution >= 4 is 33.1 Å². The van der Waals surface area contributed by atoms with Gasteiger partial charge in [-0.1, -0.05) is 53.6 Å². The average molecular weight is 350 g/mol. The van der Waals surface area contributed by atoms with Crippen LogP contribution >= 0.6 is 28.1 Å². The second-order valence-electron chi connectivity index (χ2n) is 4.50. The van der Waals surface area contributed by atoms with Crippen LogP contribution in [0.2, 0.25) is 0 Å². The first-order valence-corrected chi connectivity index (χ1v) is 7.66. The molecule has 4 heteroatoms. The lowest BCUT2D eigenvalue weighted by Crippen LogP contribution is -2.10. The minimum absolute atomic E-state index is 0.323. The van der Waals surface area contributed by atoms with Gasteiger partial charge >= 0.3 is 0 Å². The summed E-state index contributed by atoms with van der Waals surface area (Å²) in [6.07, 6.45) is 2.22. The predicted octanol–water partition coefficient (Wildman–Crippen LogP) is 4.83. The smallest absolute Gasteiger partial charge is 0.137 e. The quantitative estimate of drug-likeness (QED) is 0.785. The van der Waals surface area contributed by atoms with Gasteiger partial charge < -0.3 is 10.5 Å². The molecule has 20 heavy (non-hydrogen) atoms.